The Bertz CT molecular complexity index is 886. The second-order valence-corrected chi connectivity index (χ2v) is 4.91. The highest BCUT2D eigenvalue weighted by Gasteiger charge is 2.08. The highest BCUT2D eigenvalue weighted by molar-refractivity contribution is 5.65. The monoisotopic (exact) mass is 319 g/mol. The van der Waals surface area contributed by atoms with E-state index in [9.17, 15) is 15.5 Å². The van der Waals surface area contributed by atoms with Crippen molar-refractivity contribution in [2.45, 2.75) is 0 Å². The molecule has 0 aliphatic carbocycles. The van der Waals surface area contributed by atoms with Crippen molar-refractivity contribution in [3.05, 3.63) is 60.3 Å². The van der Waals surface area contributed by atoms with Gasteiger partial charge in [-0.25, -0.2) is 4.98 Å². The third kappa shape index (κ3) is 3.51. The summed E-state index contributed by atoms with van der Waals surface area (Å²) >= 11 is 0. The maximum absolute atomic E-state index is 9.32. The van der Waals surface area contributed by atoms with Gasteiger partial charge < -0.3 is 20.8 Å². The maximum atomic E-state index is 9.32. The molecule has 0 aliphatic rings. The summed E-state index contributed by atoms with van der Waals surface area (Å²) in [7, 11) is 0. The second kappa shape index (κ2) is 6.54. The highest BCUT2D eigenvalue weighted by atomic mass is 16.3. The van der Waals surface area contributed by atoms with Crippen molar-refractivity contribution in [2.24, 2.45) is 0 Å². The largest absolute Gasteiger partial charge is 0.508 e. The molecule has 0 amide bonds. The smallest absolute Gasteiger partial charge is 0.229 e. The Morgan fingerprint density at radius 3 is 1.92 bits per heavy atom. The lowest BCUT2D eigenvalue weighted by molar-refractivity contribution is 0.475. The van der Waals surface area contributed by atoms with Gasteiger partial charge in [-0.3, -0.25) is 0 Å². The first kappa shape index (κ1) is 15.1. The molecule has 1 heterocycles. The second-order valence-electron chi connectivity index (χ2n) is 4.91. The first-order valence-corrected chi connectivity index (χ1v) is 7.03. The minimum absolute atomic E-state index is 0.151. The molecule has 118 valence electrons. The van der Waals surface area contributed by atoms with Crippen LogP contribution in [-0.2, 0) is 0 Å². The number of aromatic hydroxyl groups is 2. The fourth-order valence-corrected chi connectivity index (χ4v) is 1.97. The highest BCUT2D eigenvalue weighted by Crippen LogP contribution is 2.23. The van der Waals surface area contributed by atoms with Gasteiger partial charge in [0.2, 0.25) is 5.95 Å². The number of hydrogen-bond acceptors (Lipinski definition) is 7. The zero-order valence-corrected chi connectivity index (χ0v) is 12.4. The summed E-state index contributed by atoms with van der Waals surface area (Å²) in [5.41, 5.74) is 1.67. The molecule has 0 spiro atoms. The molecule has 0 unspecified atom stereocenters. The molecule has 0 radical (unpaired) electrons. The molecule has 0 saturated heterocycles. The summed E-state index contributed by atoms with van der Waals surface area (Å²) in [6.07, 6.45) is 1.42. The van der Waals surface area contributed by atoms with Crippen LogP contribution in [0, 0.1) is 11.3 Å². The number of aromatic nitrogens is 2. The number of nitrogens with one attached hydrogen (secondary N) is 2. The SMILES string of the molecule is N#Cc1cnc(Nc2ccc(O)cc2)nc1Nc1ccc(O)cc1. The van der Waals surface area contributed by atoms with Gasteiger partial charge in [0.15, 0.2) is 5.82 Å². The molecule has 0 fully saturated rings. The number of nitriles is 1. The summed E-state index contributed by atoms with van der Waals surface area (Å²) in [6, 6.07) is 14.9. The van der Waals surface area contributed by atoms with Gasteiger partial charge in [0.25, 0.3) is 0 Å². The predicted molar refractivity (Wildman–Crippen MR) is 89.5 cm³/mol. The number of phenols is 2. The van der Waals surface area contributed by atoms with E-state index in [1.54, 1.807) is 36.4 Å². The van der Waals surface area contributed by atoms with E-state index in [0.717, 1.165) is 0 Å². The van der Waals surface area contributed by atoms with Gasteiger partial charge in [-0.05, 0) is 48.5 Å². The van der Waals surface area contributed by atoms with E-state index >= 15 is 0 Å². The van der Waals surface area contributed by atoms with Gasteiger partial charge in [0.1, 0.15) is 23.1 Å². The zero-order valence-electron chi connectivity index (χ0n) is 12.4. The average Bonchev–Trinajstić information content (AvgIpc) is 2.59. The molecule has 0 saturated carbocycles. The molecule has 0 aliphatic heterocycles. The van der Waals surface area contributed by atoms with Crippen LogP contribution in [0.25, 0.3) is 0 Å². The Morgan fingerprint density at radius 2 is 1.38 bits per heavy atom. The van der Waals surface area contributed by atoms with E-state index in [4.69, 9.17) is 0 Å². The van der Waals surface area contributed by atoms with E-state index in [0.29, 0.717) is 28.7 Å². The first-order chi connectivity index (χ1) is 11.6. The summed E-state index contributed by atoms with van der Waals surface area (Å²) < 4.78 is 0. The maximum Gasteiger partial charge on any atom is 0.229 e. The molecule has 3 aromatic rings. The molecule has 24 heavy (non-hydrogen) atoms. The lowest BCUT2D eigenvalue weighted by Crippen LogP contribution is -2.03. The molecule has 4 N–H and O–H groups in total. The van der Waals surface area contributed by atoms with Crippen LogP contribution in [0.4, 0.5) is 23.1 Å². The number of anilines is 4. The van der Waals surface area contributed by atoms with Crippen molar-refractivity contribution < 1.29 is 10.2 Å². The van der Waals surface area contributed by atoms with E-state index in [1.165, 1.54) is 18.3 Å². The molecule has 3 rings (SSSR count). The Labute approximate surface area is 137 Å². The third-order valence-corrected chi connectivity index (χ3v) is 3.16. The van der Waals surface area contributed by atoms with Crippen molar-refractivity contribution in [3.63, 3.8) is 0 Å². The summed E-state index contributed by atoms with van der Waals surface area (Å²) in [4.78, 5) is 8.39. The van der Waals surface area contributed by atoms with Gasteiger partial charge in [0, 0.05) is 11.4 Å². The molecule has 7 heteroatoms. The third-order valence-electron chi connectivity index (χ3n) is 3.16. The molecule has 2 aromatic carbocycles. The fourth-order valence-electron chi connectivity index (χ4n) is 1.97. The Kier molecular flexibility index (Phi) is 4.12. The topological polar surface area (TPSA) is 114 Å². The quantitative estimate of drug-likeness (QED) is 0.546. The van der Waals surface area contributed by atoms with Gasteiger partial charge in [-0.1, -0.05) is 0 Å². The van der Waals surface area contributed by atoms with Crippen molar-refractivity contribution in [2.75, 3.05) is 10.6 Å². The summed E-state index contributed by atoms with van der Waals surface area (Å²) in [5.74, 6) is 0.967. The Hall–Kier alpha value is -3.79. The molecule has 1 aromatic heterocycles. The minimum atomic E-state index is 0.151. The average molecular weight is 319 g/mol. The molecule has 7 nitrogen and oxygen atoms in total. The van der Waals surface area contributed by atoms with Crippen LogP contribution in [0.3, 0.4) is 0 Å². The van der Waals surface area contributed by atoms with Gasteiger partial charge in [-0.15, -0.1) is 0 Å². The van der Waals surface area contributed by atoms with Gasteiger partial charge >= 0.3 is 0 Å². The van der Waals surface area contributed by atoms with E-state index in [2.05, 4.69) is 20.6 Å². The zero-order chi connectivity index (χ0) is 16.9. The fraction of sp³-hybridized carbons (Fsp3) is 0. The molecular formula is C17H13N5O2. The number of benzene rings is 2. The van der Waals surface area contributed by atoms with Crippen molar-refractivity contribution in [3.8, 4) is 17.6 Å². The van der Waals surface area contributed by atoms with E-state index < -0.39 is 0 Å². The number of hydrogen-bond donors (Lipinski definition) is 4. The lowest BCUT2D eigenvalue weighted by atomic mass is 10.2. The number of rotatable bonds is 4. The van der Waals surface area contributed by atoms with Crippen molar-refractivity contribution in [1.29, 1.82) is 5.26 Å². The van der Waals surface area contributed by atoms with Crippen LogP contribution in [0.2, 0.25) is 0 Å². The van der Waals surface area contributed by atoms with E-state index in [-0.39, 0.29) is 11.5 Å². The van der Waals surface area contributed by atoms with Crippen LogP contribution in [-0.4, -0.2) is 20.2 Å². The van der Waals surface area contributed by atoms with Crippen LogP contribution in [0.15, 0.2) is 54.7 Å². The van der Waals surface area contributed by atoms with Crippen molar-refractivity contribution >= 4 is 23.1 Å². The standard InChI is InChI=1S/C17H13N5O2/c18-9-11-10-19-17(21-13-3-7-15(24)8-4-13)22-16(11)20-12-1-5-14(23)6-2-12/h1-8,10,23-24H,(H2,19,20,21,22). The van der Waals surface area contributed by atoms with Gasteiger partial charge in [-0.2, -0.15) is 10.2 Å². The molecule has 0 bridgehead atoms. The normalized spacial score (nSPS) is 9.96. The number of phenolic OH excluding ortho intramolecular Hbond substituents is 2. The summed E-state index contributed by atoms with van der Waals surface area (Å²) in [5, 5.41) is 33.8. The lowest BCUT2D eigenvalue weighted by Gasteiger charge is -2.10. The van der Waals surface area contributed by atoms with Gasteiger partial charge in [0.05, 0.1) is 6.20 Å². The Morgan fingerprint density at radius 1 is 0.833 bits per heavy atom. The number of nitrogens with zero attached hydrogens (tertiary/aromatic N) is 3. The molecule has 0 atom stereocenters. The van der Waals surface area contributed by atoms with Crippen LogP contribution in [0.1, 0.15) is 5.56 Å². The van der Waals surface area contributed by atoms with Crippen LogP contribution >= 0.6 is 0 Å². The van der Waals surface area contributed by atoms with Crippen LogP contribution in [0.5, 0.6) is 11.5 Å². The Balaban J connectivity index is 1.86. The van der Waals surface area contributed by atoms with E-state index in [1.807, 2.05) is 6.07 Å². The predicted octanol–water partition coefficient (Wildman–Crippen LogP) is 3.25. The van der Waals surface area contributed by atoms with Crippen LogP contribution < -0.4 is 10.6 Å². The van der Waals surface area contributed by atoms with Crippen molar-refractivity contribution in [1.82, 2.24) is 9.97 Å². The first-order valence-electron chi connectivity index (χ1n) is 7.03. The minimum Gasteiger partial charge on any atom is -0.508 e. The summed E-state index contributed by atoms with van der Waals surface area (Å²) in [6.45, 7) is 0. The molecular weight excluding hydrogens is 306 g/mol.